The number of thiazole rings is 1. The number of amides is 1. The zero-order valence-corrected chi connectivity index (χ0v) is 17.0. The van der Waals surface area contributed by atoms with Crippen LogP contribution < -0.4 is 26.2 Å². The van der Waals surface area contributed by atoms with Crippen molar-refractivity contribution in [1.29, 1.82) is 0 Å². The summed E-state index contributed by atoms with van der Waals surface area (Å²) in [7, 11) is 2.98. The number of hydrogen-bond donors (Lipinski definition) is 1. The average Bonchev–Trinajstić information content (AvgIpc) is 3.40. The third-order valence-corrected chi connectivity index (χ3v) is 6.02. The van der Waals surface area contributed by atoms with Gasteiger partial charge >= 0.3 is 5.69 Å². The van der Waals surface area contributed by atoms with E-state index in [1.165, 1.54) is 23.0 Å². The van der Waals surface area contributed by atoms with Crippen molar-refractivity contribution in [3.63, 3.8) is 0 Å². The summed E-state index contributed by atoms with van der Waals surface area (Å²) in [6.07, 6.45) is 2.15. The molecule has 1 amide bonds. The molecule has 3 aromatic rings. The van der Waals surface area contributed by atoms with Gasteiger partial charge in [-0.05, 0) is 37.1 Å². The minimum atomic E-state index is -0.564. The Hall–Kier alpha value is -3.14. The van der Waals surface area contributed by atoms with Crippen molar-refractivity contribution in [1.82, 2.24) is 14.1 Å². The molecule has 4 rings (SSSR count). The molecule has 3 heterocycles. The van der Waals surface area contributed by atoms with Gasteiger partial charge in [0.15, 0.2) is 10.8 Å². The molecule has 1 aliphatic rings. The molecule has 9 nitrogen and oxygen atoms in total. The minimum Gasteiger partial charge on any atom is -0.497 e. The van der Waals surface area contributed by atoms with Crippen molar-refractivity contribution in [3.8, 4) is 5.75 Å². The fourth-order valence-electron chi connectivity index (χ4n) is 3.34. The smallest absolute Gasteiger partial charge is 0.332 e. The lowest BCUT2D eigenvalue weighted by Crippen LogP contribution is -2.39. The molecular weight excluding hydrogens is 394 g/mol. The number of fused-ring (bicyclic) bond motifs is 1. The summed E-state index contributed by atoms with van der Waals surface area (Å²) in [5.74, 6) is 0.295. The van der Waals surface area contributed by atoms with Gasteiger partial charge in [0.05, 0.1) is 7.11 Å². The Morgan fingerprint density at radius 2 is 1.90 bits per heavy atom. The van der Waals surface area contributed by atoms with Gasteiger partial charge in [0.2, 0.25) is 5.91 Å². The molecule has 0 spiro atoms. The molecular formula is C19H21N5O4S. The second kappa shape index (κ2) is 7.70. The van der Waals surface area contributed by atoms with Crippen LogP contribution in [0.4, 0.5) is 10.8 Å². The van der Waals surface area contributed by atoms with E-state index in [1.807, 2.05) is 0 Å². The van der Waals surface area contributed by atoms with Gasteiger partial charge in [0.25, 0.3) is 5.56 Å². The van der Waals surface area contributed by atoms with Crippen molar-refractivity contribution >= 4 is 38.4 Å². The zero-order chi connectivity index (χ0) is 20.5. The molecule has 0 aliphatic carbocycles. The number of ether oxygens (including phenoxy) is 1. The number of nitrogens with one attached hydrogen (secondary N) is 1. The highest BCUT2D eigenvalue weighted by molar-refractivity contribution is 7.22. The van der Waals surface area contributed by atoms with Gasteiger partial charge < -0.3 is 15.0 Å². The molecule has 29 heavy (non-hydrogen) atoms. The van der Waals surface area contributed by atoms with Crippen LogP contribution in [0, 0.1) is 0 Å². The summed E-state index contributed by atoms with van der Waals surface area (Å²) in [6, 6.07) is 6.89. The van der Waals surface area contributed by atoms with Crippen molar-refractivity contribution in [2.75, 3.05) is 30.4 Å². The van der Waals surface area contributed by atoms with E-state index in [-0.39, 0.29) is 23.7 Å². The standard InChI is InChI=1S/C19H21N5O4S/c1-22-17(26)15-16(21-18(29-15)23-9-3-4-10-23)24(19(22)27)11-14(25)20-12-5-7-13(28-2)8-6-12/h5-8H,3-4,9-11H2,1-2H3,(H,20,25). The van der Waals surface area contributed by atoms with Crippen LogP contribution >= 0.6 is 11.3 Å². The largest absolute Gasteiger partial charge is 0.497 e. The van der Waals surface area contributed by atoms with E-state index in [2.05, 4.69) is 15.2 Å². The highest BCUT2D eigenvalue weighted by Crippen LogP contribution is 2.28. The van der Waals surface area contributed by atoms with E-state index in [1.54, 1.807) is 31.4 Å². The maximum atomic E-state index is 12.7. The minimum absolute atomic E-state index is 0.237. The molecule has 0 unspecified atom stereocenters. The summed E-state index contributed by atoms with van der Waals surface area (Å²) >= 11 is 1.27. The van der Waals surface area contributed by atoms with Gasteiger partial charge in [-0.15, -0.1) is 0 Å². The predicted molar refractivity (Wildman–Crippen MR) is 112 cm³/mol. The number of methoxy groups -OCH3 is 1. The fourth-order valence-corrected chi connectivity index (χ4v) is 4.44. The van der Waals surface area contributed by atoms with Gasteiger partial charge in [-0.2, -0.15) is 0 Å². The Morgan fingerprint density at radius 3 is 2.55 bits per heavy atom. The number of aromatic nitrogens is 3. The van der Waals surface area contributed by atoms with Crippen LogP contribution in [0.25, 0.3) is 10.3 Å². The number of rotatable bonds is 5. The third-order valence-electron chi connectivity index (χ3n) is 4.92. The summed E-state index contributed by atoms with van der Waals surface area (Å²) in [6.45, 7) is 1.52. The SMILES string of the molecule is COc1ccc(NC(=O)Cn2c(=O)n(C)c(=O)c3sc(N4CCCC4)nc32)cc1. The highest BCUT2D eigenvalue weighted by Gasteiger charge is 2.22. The number of carbonyl (C=O) groups is 1. The van der Waals surface area contributed by atoms with E-state index < -0.39 is 5.69 Å². The van der Waals surface area contributed by atoms with Gasteiger partial charge in [-0.3, -0.25) is 18.7 Å². The second-order valence-electron chi connectivity index (χ2n) is 6.85. The van der Waals surface area contributed by atoms with E-state index in [0.29, 0.717) is 21.3 Å². The maximum Gasteiger partial charge on any atom is 0.332 e. The van der Waals surface area contributed by atoms with Gasteiger partial charge in [-0.25, -0.2) is 9.78 Å². The van der Waals surface area contributed by atoms with Crippen molar-refractivity contribution < 1.29 is 9.53 Å². The van der Waals surface area contributed by atoms with Crippen molar-refractivity contribution in [3.05, 3.63) is 45.1 Å². The lowest BCUT2D eigenvalue weighted by molar-refractivity contribution is -0.116. The molecule has 1 aliphatic heterocycles. The number of nitrogens with zero attached hydrogens (tertiary/aromatic N) is 4. The molecule has 1 aromatic carbocycles. The Balaban J connectivity index is 1.67. The van der Waals surface area contributed by atoms with E-state index in [4.69, 9.17) is 4.74 Å². The van der Waals surface area contributed by atoms with Crippen LogP contribution in [0.15, 0.2) is 33.9 Å². The van der Waals surface area contributed by atoms with Gasteiger partial charge in [0.1, 0.15) is 17.0 Å². The lowest BCUT2D eigenvalue weighted by atomic mass is 10.3. The van der Waals surface area contributed by atoms with E-state index >= 15 is 0 Å². The number of anilines is 2. The molecule has 1 saturated heterocycles. The first kappa shape index (κ1) is 19.2. The Morgan fingerprint density at radius 1 is 1.21 bits per heavy atom. The fraction of sp³-hybridized carbons (Fsp3) is 0.368. The van der Waals surface area contributed by atoms with E-state index in [9.17, 15) is 14.4 Å². The van der Waals surface area contributed by atoms with Crippen LogP contribution in [0.1, 0.15) is 12.8 Å². The first-order chi connectivity index (χ1) is 14.0. The van der Waals surface area contributed by atoms with Gasteiger partial charge in [0, 0.05) is 25.8 Å². The molecule has 0 bridgehead atoms. The second-order valence-corrected chi connectivity index (χ2v) is 7.83. The number of benzene rings is 1. The Labute approximate surface area is 170 Å². The Kier molecular flexibility index (Phi) is 5.10. The van der Waals surface area contributed by atoms with Crippen LogP contribution in [0.5, 0.6) is 5.75 Å². The third kappa shape index (κ3) is 3.63. The van der Waals surface area contributed by atoms with Crippen LogP contribution in [0.3, 0.4) is 0 Å². The van der Waals surface area contributed by atoms with E-state index in [0.717, 1.165) is 30.5 Å². The van der Waals surface area contributed by atoms with Crippen molar-refractivity contribution in [2.45, 2.75) is 19.4 Å². The monoisotopic (exact) mass is 415 g/mol. The summed E-state index contributed by atoms with van der Waals surface area (Å²) in [4.78, 5) is 44.5. The zero-order valence-electron chi connectivity index (χ0n) is 16.2. The first-order valence-electron chi connectivity index (χ1n) is 9.27. The molecule has 2 aromatic heterocycles. The quantitative estimate of drug-likeness (QED) is 0.677. The normalized spacial score (nSPS) is 13.8. The van der Waals surface area contributed by atoms with Crippen LogP contribution in [-0.2, 0) is 18.4 Å². The average molecular weight is 415 g/mol. The molecule has 0 radical (unpaired) electrons. The lowest BCUT2D eigenvalue weighted by Gasteiger charge is -2.12. The molecule has 0 atom stereocenters. The van der Waals surface area contributed by atoms with Crippen LogP contribution in [-0.4, -0.2) is 40.2 Å². The summed E-state index contributed by atoms with van der Waals surface area (Å²) < 4.78 is 7.76. The van der Waals surface area contributed by atoms with Crippen LogP contribution in [0.2, 0.25) is 0 Å². The molecule has 0 saturated carbocycles. The topological polar surface area (TPSA) is 98.5 Å². The predicted octanol–water partition coefficient (Wildman–Crippen LogP) is 1.40. The summed E-state index contributed by atoms with van der Waals surface area (Å²) in [5, 5.41) is 3.47. The Bertz CT molecular complexity index is 1170. The van der Waals surface area contributed by atoms with Crippen molar-refractivity contribution in [2.24, 2.45) is 7.05 Å². The highest BCUT2D eigenvalue weighted by atomic mass is 32.1. The first-order valence-corrected chi connectivity index (χ1v) is 10.1. The molecule has 10 heteroatoms. The number of hydrogen-bond acceptors (Lipinski definition) is 7. The molecule has 152 valence electrons. The van der Waals surface area contributed by atoms with Gasteiger partial charge in [-0.1, -0.05) is 11.3 Å². The maximum absolute atomic E-state index is 12.7. The number of carbonyl (C=O) groups excluding carboxylic acids is 1. The molecule has 1 fully saturated rings. The summed E-state index contributed by atoms with van der Waals surface area (Å²) in [5.41, 5.74) is -0.110. The molecule has 1 N–H and O–H groups in total.